The molecule has 198 valence electrons. The Morgan fingerprint density at radius 1 is 0.949 bits per heavy atom. The minimum Gasteiger partial charge on any atom is -0.488 e. The second-order valence-corrected chi connectivity index (χ2v) is 8.98. The van der Waals surface area contributed by atoms with E-state index in [4.69, 9.17) is 15.4 Å². The highest BCUT2D eigenvalue weighted by Gasteiger charge is 2.42. The molecule has 10 nitrogen and oxygen atoms in total. The lowest BCUT2D eigenvalue weighted by molar-refractivity contribution is -0.120. The maximum absolute atomic E-state index is 13.5. The fourth-order valence-corrected chi connectivity index (χ4v) is 4.49. The molecule has 10 heteroatoms. The van der Waals surface area contributed by atoms with Gasteiger partial charge in [0.2, 0.25) is 5.91 Å². The van der Waals surface area contributed by atoms with Gasteiger partial charge in [-0.3, -0.25) is 14.7 Å². The first-order chi connectivity index (χ1) is 19.0. The number of benzene rings is 3. The first-order valence-electron chi connectivity index (χ1n) is 12.3. The van der Waals surface area contributed by atoms with Gasteiger partial charge in [0.05, 0.1) is 23.3 Å². The van der Waals surface area contributed by atoms with Gasteiger partial charge < -0.3 is 19.6 Å². The van der Waals surface area contributed by atoms with Gasteiger partial charge in [0.1, 0.15) is 24.5 Å². The fraction of sp³-hybridized carbons (Fsp3) is 0.172. The number of nitrogens with two attached hydrogens (primary N) is 1. The van der Waals surface area contributed by atoms with Crippen LogP contribution >= 0.6 is 0 Å². The Bertz CT molecular complexity index is 1470. The van der Waals surface area contributed by atoms with Gasteiger partial charge in [-0.2, -0.15) is 5.90 Å². The molecule has 0 saturated carbocycles. The second kappa shape index (κ2) is 11.6. The number of anilines is 1. The lowest BCUT2D eigenvalue weighted by Crippen LogP contribution is -2.43. The number of rotatable bonds is 7. The molecule has 3 N–H and O–H groups in total. The number of nitrogens with zero attached hydrogens (tertiary/aromatic N) is 2. The number of para-hydroxylation sites is 1. The number of hydrogen-bond donors (Lipinski definition) is 2. The highest BCUT2D eigenvalue weighted by atomic mass is 16.7. The molecule has 0 bridgehead atoms. The van der Waals surface area contributed by atoms with Crippen LogP contribution < -0.4 is 16.0 Å². The van der Waals surface area contributed by atoms with Crippen LogP contribution in [0.15, 0.2) is 91.1 Å². The molecule has 1 aliphatic heterocycles. The summed E-state index contributed by atoms with van der Waals surface area (Å²) in [5.74, 6) is 4.35. The van der Waals surface area contributed by atoms with E-state index in [-0.39, 0.29) is 31.0 Å². The number of likely N-dealkylation sites (tertiary alicyclic amines) is 1. The zero-order chi connectivity index (χ0) is 27.2. The molecule has 2 atom stereocenters. The maximum atomic E-state index is 13.5. The molecular weight excluding hydrogens is 500 g/mol. The van der Waals surface area contributed by atoms with Gasteiger partial charge in [0, 0.05) is 18.0 Å². The van der Waals surface area contributed by atoms with Gasteiger partial charge in [0.25, 0.3) is 0 Å². The standard InChI is InChI=1S/C29H26N4O6/c30-39-28(35)21-11-13-22(14-12-21)38-23-16-25(33(17-23)29(36)37-18-19-6-2-1-3-7-19)27(34)32-24-10-4-8-20-9-5-15-31-26(20)24/h1-15,23,25H,16-18,30H2,(H,32,34)/t23-,25?/m0/s1. The van der Waals surface area contributed by atoms with E-state index in [0.717, 1.165) is 10.9 Å². The van der Waals surface area contributed by atoms with Crippen LogP contribution in [0.4, 0.5) is 10.5 Å². The highest BCUT2D eigenvalue weighted by Crippen LogP contribution is 2.27. The number of nitrogens with one attached hydrogen (secondary N) is 1. The third-order valence-electron chi connectivity index (χ3n) is 6.40. The third kappa shape index (κ3) is 5.97. The molecule has 0 radical (unpaired) electrons. The average Bonchev–Trinajstić information content (AvgIpc) is 3.40. The molecule has 1 saturated heterocycles. The SMILES string of the molecule is NOC(=O)c1ccc(O[C@H]2CC(C(=O)Nc3cccc4cccnc34)N(C(=O)OCc3ccccc3)C2)cc1. The number of pyridine rings is 1. The number of carbonyl (C=O) groups is 3. The summed E-state index contributed by atoms with van der Waals surface area (Å²) in [6, 6.07) is 23.9. The fourth-order valence-electron chi connectivity index (χ4n) is 4.49. The van der Waals surface area contributed by atoms with Crippen LogP contribution in [0.2, 0.25) is 0 Å². The molecule has 1 unspecified atom stereocenters. The Morgan fingerprint density at radius 2 is 1.72 bits per heavy atom. The number of fused-ring (bicyclic) bond motifs is 1. The summed E-state index contributed by atoms with van der Waals surface area (Å²) in [6.45, 7) is 0.202. The topological polar surface area (TPSA) is 133 Å². The van der Waals surface area contributed by atoms with Gasteiger partial charge in [0.15, 0.2) is 0 Å². The Morgan fingerprint density at radius 3 is 2.49 bits per heavy atom. The van der Waals surface area contributed by atoms with E-state index < -0.39 is 24.2 Å². The summed E-state index contributed by atoms with van der Waals surface area (Å²) in [7, 11) is 0. The zero-order valence-corrected chi connectivity index (χ0v) is 20.9. The van der Waals surface area contributed by atoms with Crippen molar-refractivity contribution in [3.05, 3.63) is 102 Å². The molecule has 1 aliphatic rings. The lowest BCUT2D eigenvalue weighted by Gasteiger charge is -2.23. The van der Waals surface area contributed by atoms with Crippen molar-refractivity contribution in [2.75, 3.05) is 11.9 Å². The van der Waals surface area contributed by atoms with Gasteiger partial charge in [-0.05, 0) is 42.0 Å². The Kier molecular flexibility index (Phi) is 7.65. The number of amides is 2. The molecule has 0 aliphatic carbocycles. The lowest BCUT2D eigenvalue weighted by atomic mass is 10.1. The molecular formula is C29H26N4O6. The first kappa shape index (κ1) is 25.7. The number of carbonyl (C=O) groups excluding carboxylic acids is 3. The van der Waals surface area contributed by atoms with Crippen molar-refractivity contribution in [2.24, 2.45) is 5.90 Å². The van der Waals surface area contributed by atoms with Crippen molar-refractivity contribution in [2.45, 2.75) is 25.2 Å². The number of hydrogen-bond acceptors (Lipinski definition) is 8. The van der Waals surface area contributed by atoms with Crippen LogP contribution in [0.5, 0.6) is 5.75 Å². The van der Waals surface area contributed by atoms with E-state index in [1.165, 1.54) is 17.0 Å². The van der Waals surface area contributed by atoms with E-state index in [1.54, 1.807) is 24.4 Å². The molecule has 2 heterocycles. The van der Waals surface area contributed by atoms with Crippen molar-refractivity contribution < 1.29 is 28.7 Å². The Balaban J connectivity index is 1.33. The van der Waals surface area contributed by atoms with Crippen molar-refractivity contribution in [1.29, 1.82) is 0 Å². The van der Waals surface area contributed by atoms with Crippen LogP contribution in [0.25, 0.3) is 10.9 Å². The van der Waals surface area contributed by atoms with Crippen LogP contribution in [0.1, 0.15) is 22.3 Å². The summed E-state index contributed by atoms with van der Waals surface area (Å²) >= 11 is 0. The monoisotopic (exact) mass is 526 g/mol. The Hall–Kier alpha value is -4.96. The molecule has 5 rings (SSSR count). The zero-order valence-electron chi connectivity index (χ0n) is 20.9. The average molecular weight is 527 g/mol. The van der Waals surface area contributed by atoms with Crippen LogP contribution in [0.3, 0.4) is 0 Å². The predicted octanol–water partition coefficient (Wildman–Crippen LogP) is 4.06. The first-order valence-corrected chi connectivity index (χ1v) is 12.3. The highest BCUT2D eigenvalue weighted by molar-refractivity contribution is 6.03. The number of ether oxygens (including phenoxy) is 2. The molecule has 0 spiro atoms. The van der Waals surface area contributed by atoms with E-state index in [2.05, 4.69) is 15.1 Å². The van der Waals surface area contributed by atoms with E-state index >= 15 is 0 Å². The third-order valence-corrected chi connectivity index (χ3v) is 6.40. The summed E-state index contributed by atoms with van der Waals surface area (Å²) in [4.78, 5) is 48.2. The summed E-state index contributed by atoms with van der Waals surface area (Å²) in [6.07, 6.45) is 0.769. The summed E-state index contributed by atoms with van der Waals surface area (Å²) in [5, 5.41) is 3.81. The van der Waals surface area contributed by atoms with Gasteiger partial charge >= 0.3 is 12.1 Å². The van der Waals surface area contributed by atoms with Gasteiger partial charge in [-0.15, -0.1) is 0 Å². The molecule has 3 aromatic carbocycles. The van der Waals surface area contributed by atoms with E-state index in [9.17, 15) is 14.4 Å². The van der Waals surface area contributed by atoms with Crippen molar-refractivity contribution in [1.82, 2.24) is 9.88 Å². The normalized spacial score (nSPS) is 16.5. The molecule has 1 fully saturated rings. The minimum atomic E-state index is -0.844. The number of aromatic nitrogens is 1. The van der Waals surface area contributed by atoms with E-state index in [1.807, 2.05) is 54.6 Å². The van der Waals surface area contributed by atoms with Crippen molar-refractivity contribution >= 4 is 34.6 Å². The summed E-state index contributed by atoms with van der Waals surface area (Å²) in [5.41, 5.74) is 2.29. The second-order valence-electron chi connectivity index (χ2n) is 8.98. The summed E-state index contributed by atoms with van der Waals surface area (Å²) < 4.78 is 11.6. The van der Waals surface area contributed by atoms with Crippen LogP contribution in [0, 0.1) is 0 Å². The smallest absolute Gasteiger partial charge is 0.410 e. The van der Waals surface area contributed by atoms with Gasteiger partial charge in [-0.1, -0.05) is 48.5 Å². The molecule has 39 heavy (non-hydrogen) atoms. The van der Waals surface area contributed by atoms with Crippen molar-refractivity contribution in [3.63, 3.8) is 0 Å². The molecule has 2 amide bonds. The Labute approximate surface area is 224 Å². The van der Waals surface area contributed by atoms with Crippen LogP contribution in [-0.4, -0.2) is 46.5 Å². The van der Waals surface area contributed by atoms with Crippen molar-refractivity contribution in [3.8, 4) is 5.75 Å². The molecule has 1 aromatic heterocycles. The van der Waals surface area contributed by atoms with E-state index in [0.29, 0.717) is 17.0 Å². The maximum Gasteiger partial charge on any atom is 0.410 e. The predicted molar refractivity (Wildman–Crippen MR) is 143 cm³/mol. The van der Waals surface area contributed by atoms with Crippen LogP contribution in [-0.2, 0) is 21.0 Å². The largest absolute Gasteiger partial charge is 0.488 e. The minimum absolute atomic E-state index is 0.0714. The van der Waals surface area contributed by atoms with Gasteiger partial charge in [-0.25, -0.2) is 9.59 Å². The quantitative estimate of drug-likeness (QED) is 0.345. The molecule has 4 aromatic rings.